The molecular formula is C6H9NO3. The average molecular weight is 143 g/mol. The molecule has 0 saturated heterocycles. The van der Waals surface area contributed by atoms with Crippen molar-refractivity contribution < 1.29 is 14.6 Å². The summed E-state index contributed by atoms with van der Waals surface area (Å²) in [5.41, 5.74) is 0.0463. The van der Waals surface area contributed by atoms with Crippen molar-refractivity contribution in [1.82, 2.24) is 0 Å². The van der Waals surface area contributed by atoms with Crippen molar-refractivity contribution in [2.24, 2.45) is 0 Å². The third-order valence-corrected chi connectivity index (χ3v) is 0.950. The first-order valence-corrected chi connectivity index (χ1v) is 2.60. The van der Waals surface area contributed by atoms with Crippen LogP contribution in [-0.2, 0) is 9.47 Å². The molecule has 4 nitrogen and oxygen atoms in total. The molecule has 0 aromatic heterocycles. The third-order valence-electron chi connectivity index (χ3n) is 0.950. The Balaban J connectivity index is 4.14. The van der Waals surface area contributed by atoms with Crippen LogP contribution >= 0.6 is 0 Å². The van der Waals surface area contributed by atoms with E-state index in [0.717, 1.165) is 0 Å². The Morgan fingerprint density at radius 2 is 2.10 bits per heavy atom. The summed E-state index contributed by atoms with van der Waals surface area (Å²) in [6.07, 6.45) is -0.104. The zero-order chi connectivity index (χ0) is 7.98. The van der Waals surface area contributed by atoms with E-state index in [1.807, 2.05) is 0 Å². The Kier molecular flexibility index (Phi) is 4.29. The van der Waals surface area contributed by atoms with E-state index in [2.05, 4.69) is 9.47 Å². The number of aliphatic hydroxyl groups is 1. The van der Waals surface area contributed by atoms with Crippen LogP contribution in [0.15, 0.2) is 11.8 Å². The highest BCUT2D eigenvalue weighted by Gasteiger charge is 2.10. The minimum absolute atomic E-state index is 0.0463. The minimum atomic E-state index is -0.769. The van der Waals surface area contributed by atoms with Crippen molar-refractivity contribution in [3.8, 4) is 6.07 Å². The van der Waals surface area contributed by atoms with E-state index in [-0.39, 0.29) is 5.57 Å². The fourth-order valence-electron chi connectivity index (χ4n) is 0.493. The van der Waals surface area contributed by atoms with Crippen molar-refractivity contribution in [2.45, 2.75) is 6.29 Å². The maximum atomic E-state index is 8.41. The van der Waals surface area contributed by atoms with Gasteiger partial charge in [-0.25, -0.2) is 0 Å². The topological polar surface area (TPSA) is 62.5 Å². The van der Waals surface area contributed by atoms with E-state index in [1.165, 1.54) is 14.2 Å². The van der Waals surface area contributed by atoms with Crippen molar-refractivity contribution in [3.63, 3.8) is 0 Å². The molecule has 0 rings (SSSR count). The molecular weight excluding hydrogens is 134 g/mol. The molecule has 0 bridgehead atoms. The lowest BCUT2D eigenvalue weighted by molar-refractivity contribution is -0.0729. The van der Waals surface area contributed by atoms with Crippen LogP contribution in [0.4, 0.5) is 0 Å². The van der Waals surface area contributed by atoms with Crippen molar-refractivity contribution in [1.29, 1.82) is 5.26 Å². The van der Waals surface area contributed by atoms with Gasteiger partial charge in [-0.2, -0.15) is 5.26 Å². The number of hydrogen-bond acceptors (Lipinski definition) is 4. The van der Waals surface area contributed by atoms with E-state index >= 15 is 0 Å². The summed E-state index contributed by atoms with van der Waals surface area (Å²) in [4.78, 5) is 0. The van der Waals surface area contributed by atoms with E-state index in [1.54, 1.807) is 6.07 Å². The van der Waals surface area contributed by atoms with Gasteiger partial charge in [0.2, 0.25) is 0 Å². The average Bonchev–Trinajstić information content (AvgIpc) is 2.00. The van der Waals surface area contributed by atoms with Gasteiger partial charge in [0.15, 0.2) is 6.29 Å². The molecule has 0 fully saturated rings. The summed E-state index contributed by atoms with van der Waals surface area (Å²) in [6, 6.07) is 1.71. The van der Waals surface area contributed by atoms with Gasteiger partial charge in [0.25, 0.3) is 0 Å². The second-order valence-corrected chi connectivity index (χ2v) is 1.50. The number of nitrogens with zero attached hydrogens (tertiary/aromatic N) is 1. The largest absolute Gasteiger partial charge is 0.514 e. The first-order chi connectivity index (χ1) is 4.79. The molecule has 0 unspecified atom stereocenters. The number of aliphatic hydroxyl groups excluding tert-OH is 1. The summed E-state index contributed by atoms with van der Waals surface area (Å²) in [7, 11) is 2.77. The first kappa shape index (κ1) is 8.95. The normalized spacial score (nSPS) is 11.6. The molecule has 0 radical (unpaired) electrons. The Morgan fingerprint density at radius 3 is 2.20 bits per heavy atom. The second-order valence-electron chi connectivity index (χ2n) is 1.50. The van der Waals surface area contributed by atoms with E-state index in [9.17, 15) is 0 Å². The van der Waals surface area contributed by atoms with Gasteiger partial charge in [0.1, 0.15) is 11.6 Å². The van der Waals surface area contributed by atoms with Crippen molar-refractivity contribution in [2.75, 3.05) is 14.2 Å². The van der Waals surface area contributed by atoms with Crippen LogP contribution < -0.4 is 0 Å². The maximum Gasteiger partial charge on any atom is 0.196 e. The lowest BCUT2D eigenvalue weighted by Crippen LogP contribution is -2.14. The van der Waals surface area contributed by atoms with Gasteiger partial charge in [-0.05, 0) is 0 Å². The molecule has 0 aliphatic carbocycles. The highest BCUT2D eigenvalue weighted by Crippen LogP contribution is 2.03. The standard InChI is InChI=1S/C6H9NO3/c1-9-6(10-2)5(3-7)4-8/h4,6,8H,1-2H3/b5-4+. The van der Waals surface area contributed by atoms with Gasteiger partial charge < -0.3 is 14.6 Å². The maximum absolute atomic E-state index is 8.41. The van der Waals surface area contributed by atoms with Gasteiger partial charge >= 0.3 is 0 Å². The fraction of sp³-hybridized carbons (Fsp3) is 0.500. The monoisotopic (exact) mass is 143 g/mol. The minimum Gasteiger partial charge on any atom is -0.514 e. The summed E-state index contributed by atoms with van der Waals surface area (Å²) < 4.78 is 9.34. The molecule has 4 heteroatoms. The van der Waals surface area contributed by atoms with Gasteiger partial charge in [-0.3, -0.25) is 0 Å². The van der Waals surface area contributed by atoms with Crippen LogP contribution in [-0.4, -0.2) is 25.6 Å². The van der Waals surface area contributed by atoms with Crippen LogP contribution in [0, 0.1) is 11.3 Å². The number of methoxy groups -OCH3 is 2. The molecule has 0 saturated carbocycles. The van der Waals surface area contributed by atoms with Gasteiger partial charge in [-0.1, -0.05) is 0 Å². The molecule has 0 aromatic carbocycles. The predicted molar refractivity (Wildman–Crippen MR) is 34.1 cm³/mol. The quantitative estimate of drug-likeness (QED) is 0.356. The lowest BCUT2D eigenvalue weighted by Gasteiger charge is -2.09. The summed E-state index contributed by atoms with van der Waals surface area (Å²) >= 11 is 0. The van der Waals surface area contributed by atoms with Crippen LogP contribution in [0.25, 0.3) is 0 Å². The summed E-state index contributed by atoms with van der Waals surface area (Å²) in [5.74, 6) is 0. The predicted octanol–water partition coefficient (Wildman–Crippen LogP) is 0.571. The molecule has 10 heavy (non-hydrogen) atoms. The van der Waals surface area contributed by atoms with Crippen LogP contribution in [0.1, 0.15) is 0 Å². The molecule has 56 valence electrons. The van der Waals surface area contributed by atoms with Gasteiger partial charge in [0.05, 0.1) is 6.26 Å². The molecule has 0 amide bonds. The summed E-state index contributed by atoms with van der Waals surface area (Å²) in [5, 5.41) is 16.7. The Hall–Kier alpha value is -1.05. The molecule has 0 aliphatic heterocycles. The van der Waals surface area contributed by atoms with Crippen LogP contribution in [0.3, 0.4) is 0 Å². The molecule has 0 atom stereocenters. The Labute approximate surface area is 59.3 Å². The highest BCUT2D eigenvalue weighted by molar-refractivity contribution is 5.20. The third kappa shape index (κ3) is 2.05. The number of hydrogen-bond donors (Lipinski definition) is 1. The van der Waals surface area contributed by atoms with Gasteiger partial charge in [-0.15, -0.1) is 0 Å². The fourth-order valence-corrected chi connectivity index (χ4v) is 0.493. The van der Waals surface area contributed by atoms with E-state index in [4.69, 9.17) is 10.4 Å². The lowest BCUT2D eigenvalue weighted by atomic mass is 10.3. The number of rotatable bonds is 3. The second kappa shape index (κ2) is 4.79. The summed E-state index contributed by atoms with van der Waals surface area (Å²) in [6.45, 7) is 0. The van der Waals surface area contributed by atoms with Crippen LogP contribution in [0.5, 0.6) is 0 Å². The van der Waals surface area contributed by atoms with Crippen molar-refractivity contribution >= 4 is 0 Å². The van der Waals surface area contributed by atoms with E-state index in [0.29, 0.717) is 6.26 Å². The highest BCUT2D eigenvalue weighted by atomic mass is 16.7. The zero-order valence-electron chi connectivity index (χ0n) is 5.87. The van der Waals surface area contributed by atoms with E-state index < -0.39 is 6.29 Å². The first-order valence-electron chi connectivity index (χ1n) is 2.60. The molecule has 0 aromatic rings. The Bertz CT molecular complexity index is 155. The molecule has 0 spiro atoms. The van der Waals surface area contributed by atoms with Crippen LogP contribution in [0.2, 0.25) is 0 Å². The Morgan fingerprint density at radius 1 is 1.60 bits per heavy atom. The van der Waals surface area contributed by atoms with Crippen molar-refractivity contribution in [3.05, 3.63) is 11.8 Å². The number of ether oxygens (including phenoxy) is 2. The molecule has 0 aliphatic rings. The molecule has 1 N–H and O–H groups in total. The zero-order valence-corrected chi connectivity index (χ0v) is 5.87. The SMILES string of the molecule is COC(OC)/C(C#N)=C/O. The number of nitriles is 1. The van der Waals surface area contributed by atoms with Gasteiger partial charge in [0, 0.05) is 14.2 Å². The smallest absolute Gasteiger partial charge is 0.196 e. The molecule has 0 heterocycles.